The Morgan fingerprint density at radius 2 is 2.05 bits per heavy atom. The molecule has 0 unspecified atom stereocenters. The zero-order valence-electron chi connectivity index (χ0n) is 12.4. The van der Waals surface area contributed by atoms with Gasteiger partial charge in [-0.05, 0) is 24.3 Å². The summed E-state index contributed by atoms with van der Waals surface area (Å²) in [5.41, 5.74) is 3.61. The van der Waals surface area contributed by atoms with Crippen molar-refractivity contribution in [2.75, 3.05) is 25.1 Å². The highest BCUT2D eigenvalue weighted by molar-refractivity contribution is 5.88. The maximum atomic E-state index is 9.75. The molecular formula is C18H17NO3. The predicted octanol–water partition coefficient (Wildman–Crippen LogP) is 3.42. The smallest absolute Gasteiger partial charge is 0.143 e. The van der Waals surface area contributed by atoms with Crippen LogP contribution >= 0.6 is 0 Å². The van der Waals surface area contributed by atoms with Gasteiger partial charge >= 0.3 is 0 Å². The Kier molecular flexibility index (Phi) is 3.05. The molecule has 0 saturated carbocycles. The first-order chi connectivity index (χ1) is 10.8. The summed E-state index contributed by atoms with van der Waals surface area (Å²) in [4.78, 5) is 2.17. The van der Waals surface area contributed by atoms with E-state index < -0.39 is 0 Å². The summed E-state index contributed by atoms with van der Waals surface area (Å²) in [5, 5.41) is 10.7. The van der Waals surface area contributed by atoms with Gasteiger partial charge in [-0.25, -0.2) is 0 Å². The van der Waals surface area contributed by atoms with E-state index >= 15 is 0 Å². The fourth-order valence-corrected chi connectivity index (χ4v) is 2.99. The Balaban J connectivity index is 1.88. The number of likely N-dealkylation sites (N-methyl/N-ethyl adjacent to an activating group) is 1. The molecule has 0 radical (unpaired) electrons. The van der Waals surface area contributed by atoms with Crippen molar-refractivity contribution in [3.8, 4) is 17.1 Å². The minimum Gasteiger partial charge on any atom is -0.490 e. The van der Waals surface area contributed by atoms with Gasteiger partial charge in [-0.15, -0.1) is 0 Å². The van der Waals surface area contributed by atoms with Crippen LogP contribution in [0.3, 0.4) is 0 Å². The predicted molar refractivity (Wildman–Crippen MR) is 86.3 cm³/mol. The van der Waals surface area contributed by atoms with Gasteiger partial charge in [0.25, 0.3) is 0 Å². The molecule has 3 aromatic rings. The van der Waals surface area contributed by atoms with E-state index in [1.807, 2.05) is 42.5 Å². The van der Waals surface area contributed by atoms with Gasteiger partial charge in [0, 0.05) is 23.6 Å². The maximum absolute atomic E-state index is 9.75. The van der Waals surface area contributed by atoms with Gasteiger partial charge in [0.1, 0.15) is 23.7 Å². The average Bonchev–Trinajstić information content (AvgIpc) is 2.93. The van der Waals surface area contributed by atoms with Crippen LogP contribution in [-0.4, -0.2) is 25.3 Å². The number of benzene rings is 2. The number of hydrogen-bond donors (Lipinski definition) is 1. The number of furan rings is 1. The van der Waals surface area contributed by atoms with Gasteiger partial charge in [-0.2, -0.15) is 0 Å². The summed E-state index contributed by atoms with van der Waals surface area (Å²) in [6.07, 6.45) is 0. The average molecular weight is 295 g/mol. The first-order valence-electron chi connectivity index (χ1n) is 7.37. The van der Waals surface area contributed by atoms with E-state index in [2.05, 4.69) is 11.9 Å². The zero-order valence-corrected chi connectivity index (χ0v) is 12.4. The van der Waals surface area contributed by atoms with Crippen LogP contribution in [0.5, 0.6) is 5.75 Å². The van der Waals surface area contributed by atoms with Crippen LogP contribution in [0.1, 0.15) is 5.56 Å². The lowest BCUT2D eigenvalue weighted by Gasteiger charge is -2.27. The Labute approximate surface area is 128 Å². The maximum Gasteiger partial charge on any atom is 0.143 e. The monoisotopic (exact) mass is 295 g/mol. The molecule has 2 aromatic carbocycles. The molecule has 1 aliphatic heterocycles. The first-order valence-corrected chi connectivity index (χ1v) is 7.37. The van der Waals surface area contributed by atoms with E-state index in [9.17, 15) is 5.11 Å². The van der Waals surface area contributed by atoms with Gasteiger partial charge in [-0.1, -0.05) is 18.2 Å². The SMILES string of the molecule is CN1CCOc2cc(-c3oc4ccccc4c3CO)ccc21. The summed E-state index contributed by atoms with van der Waals surface area (Å²) in [6.45, 7) is 1.52. The number of para-hydroxylation sites is 1. The van der Waals surface area contributed by atoms with Crippen molar-refractivity contribution in [3.05, 3.63) is 48.0 Å². The molecule has 0 spiro atoms. The topological polar surface area (TPSA) is 45.8 Å². The number of aliphatic hydroxyl groups excluding tert-OH is 1. The normalized spacial score (nSPS) is 14.0. The summed E-state index contributed by atoms with van der Waals surface area (Å²) in [6, 6.07) is 13.8. The van der Waals surface area contributed by atoms with Crippen molar-refractivity contribution in [3.63, 3.8) is 0 Å². The number of rotatable bonds is 2. The molecule has 112 valence electrons. The van der Waals surface area contributed by atoms with Gasteiger partial charge in [0.2, 0.25) is 0 Å². The molecule has 0 amide bonds. The van der Waals surface area contributed by atoms with Crippen LogP contribution in [0.4, 0.5) is 5.69 Å². The molecule has 0 aliphatic carbocycles. The van der Waals surface area contributed by atoms with Gasteiger partial charge in [-0.3, -0.25) is 0 Å². The third-order valence-corrected chi connectivity index (χ3v) is 4.17. The molecule has 0 saturated heterocycles. The van der Waals surface area contributed by atoms with Crippen molar-refractivity contribution in [1.82, 2.24) is 0 Å². The lowest BCUT2D eigenvalue weighted by molar-refractivity contribution is 0.282. The molecule has 4 heteroatoms. The number of anilines is 1. The lowest BCUT2D eigenvalue weighted by Crippen LogP contribution is -2.28. The van der Waals surface area contributed by atoms with E-state index in [4.69, 9.17) is 9.15 Å². The molecule has 0 bridgehead atoms. The van der Waals surface area contributed by atoms with Crippen LogP contribution in [0, 0.1) is 0 Å². The number of ether oxygens (including phenoxy) is 1. The molecular weight excluding hydrogens is 278 g/mol. The number of aliphatic hydroxyl groups is 1. The second kappa shape index (κ2) is 5.07. The minimum atomic E-state index is -0.0514. The molecule has 2 heterocycles. The quantitative estimate of drug-likeness (QED) is 0.787. The van der Waals surface area contributed by atoms with Gasteiger partial charge in [0.05, 0.1) is 18.8 Å². The molecule has 4 nitrogen and oxygen atoms in total. The molecule has 4 rings (SSSR count). The number of nitrogens with zero attached hydrogens (tertiary/aromatic N) is 1. The highest BCUT2D eigenvalue weighted by Gasteiger charge is 2.19. The van der Waals surface area contributed by atoms with E-state index in [-0.39, 0.29) is 6.61 Å². The highest BCUT2D eigenvalue weighted by atomic mass is 16.5. The molecule has 22 heavy (non-hydrogen) atoms. The summed E-state index contributed by atoms with van der Waals surface area (Å²) < 4.78 is 11.7. The van der Waals surface area contributed by atoms with E-state index in [1.165, 1.54) is 0 Å². The van der Waals surface area contributed by atoms with Crippen molar-refractivity contribution < 1.29 is 14.3 Å². The summed E-state index contributed by atoms with van der Waals surface area (Å²) >= 11 is 0. The molecule has 1 aromatic heterocycles. The standard InChI is InChI=1S/C18H17NO3/c1-19-8-9-21-17-10-12(6-7-15(17)19)18-14(11-20)13-4-2-3-5-16(13)22-18/h2-7,10,20H,8-9,11H2,1H3. The Morgan fingerprint density at radius 3 is 2.91 bits per heavy atom. The summed E-state index contributed by atoms with van der Waals surface area (Å²) in [7, 11) is 2.06. The molecule has 0 fully saturated rings. The fourth-order valence-electron chi connectivity index (χ4n) is 2.99. The van der Waals surface area contributed by atoms with Crippen molar-refractivity contribution in [2.24, 2.45) is 0 Å². The van der Waals surface area contributed by atoms with Crippen LogP contribution in [0.2, 0.25) is 0 Å². The second-order valence-electron chi connectivity index (χ2n) is 5.52. The number of hydrogen-bond acceptors (Lipinski definition) is 4. The Bertz CT molecular complexity index is 837. The largest absolute Gasteiger partial charge is 0.490 e. The number of fused-ring (bicyclic) bond motifs is 2. The fraction of sp³-hybridized carbons (Fsp3) is 0.222. The molecule has 0 atom stereocenters. The van der Waals surface area contributed by atoms with Gasteiger partial charge < -0.3 is 19.2 Å². The van der Waals surface area contributed by atoms with Crippen LogP contribution < -0.4 is 9.64 Å². The third-order valence-electron chi connectivity index (χ3n) is 4.17. The Hall–Kier alpha value is -2.46. The highest BCUT2D eigenvalue weighted by Crippen LogP contribution is 2.39. The third kappa shape index (κ3) is 1.96. The van der Waals surface area contributed by atoms with Crippen molar-refractivity contribution in [2.45, 2.75) is 6.61 Å². The Morgan fingerprint density at radius 1 is 1.18 bits per heavy atom. The molecule has 1 aliphatic rings. The lowest BCUT2D eigenvalue weighted by atomic mass is 10.0. The van der Waals surface area contributed by atoms with Crippen molar-refractivity contribution >= 4 is 16.7 Å². The van der Waals surface area contributed by atoms with Crippen LogP contribution in [0.15, 0.2) is 46.9 Å². The minimum absolute atomic E-state index is 0.0514. The first kappa shape index (κ1) is 13.2. The van der Waals surface area contributed by atoms with Gasteiger partial charge in [0.15, 0.2) is 0 Å². The van der Waals surface area contributed by atoms with E-state index in [0.717, 1.165) is 40.1 Å². The van der Waals surface area contributed by atoms with Crippen molar-refractivity contribution in [1.29, 1.82) is 0 Å². The van der Waals surface area contributed by atoms with Crippen LogP contribution in [-0.2, 0) is 6.61 Å². The van der Waals surface area contributed by atoms with E-state index in [0.29, 0.717) is 12.4 Å². The van der Waals surface area contributed by atoms with E-state index in [1.54, 1.807) is 0 Å². The van der Waals surface area contributed by atoms with Crippen LogP contribution in [0.25, 0.3) is 22.3 Å². The molecule has 1 N–H and O–H groups in total. The zero-order chi connectivity index (χ0) is 15.1. The second-order valence-corrected chi connectivity index (χ2v) is 5.52. The summed E-state index contributed by atoms with van der Waals surface area (Å²) in [5.74, 6) is 1.57.